The quantitative estimate of drug-likeness (QED) is 0.295. The van der Waals surface area contributed by atoms with Gasteiger partial charge in [-0.15, -0.1) is 23.2 Å². The minimum Gasteiger partial charge on any atom is -0.395 e. The summed E-state index contributed by atoms with van der Waals surface area (Å²) < 4.78 is 25.6. The van der Waals surface area contributed by atoms with Crippen LogP contribution in [0.1, 0.15) is 0 Å². The van der Waals surface area contributed by atoms with Crippen LogP contribution < -0.4 is 5.73 Å². The molecule has 0 bridgehead atoms. The van der Waals surface area contributed by atoms with Crippen LogP contribution in [0, 0.1) is 0 Å². The zero-order chi connectivity index (χ0) is 14.2. The van der Waals surface area contributed by atoms with E-state index < -0.39 is 24.0 Å². The van der Waals surface area contributed by atoms with Crippen molar-refractivity contribution < 1.29 is 22.9 Å². The highest BCUT2D eigenvalue weighted by Crippen LogP contribution is 2.52. The Balaban J connectivity index is 4.92. The third-order valence-corrected chi connectivity index (χ3v) is 3.31. The second kappa shape index (κ2) is 9.26. The lowest BCUT2D eigenvalue weighted by Gasteiger charge is -2.18. The van der Waals surface area contributed by atoms with Crippen molar-refractivity contribution in [2.24, 2.45) is 5.73 Å². The van der Waals surface area contributed by atoms with Gasteiger partial charge in [0.15, 0.2) is 4.49 Å². The summed E-state index contributed by atoms with van der Waals surface area (Å²) in [5.74, 6) is -1.80. The molecule has 0 radical (unpaired) electrons. The second-order valence-corrected chi connectivity index (χ2v) is 5.84. The van der Waals surface area contributed by atoms with Gasteiger partial charge in [-0.1, -0.05) is 23.2 Å². The van der Waals surface area contributed by atoms with E-state index in [4.69, 9.17) is 65.7 Å². The van der Waals surface area contributed by atoms with E-state index in [9.17, 15) is 9.36 Å². The van der Waals surface area contributed by atoms with Crippen molar-refractivity contribution in [2.45, 2.75) is 0 Å². The van der Waals surface area contributed by atoms with E-state index in [0.29, 0.717) is 0 Å². The Kier molecular flexibility index (Phi) is 9.42. The molecule has 106 valence electrons. The zero-order valence-electron chi connectivity index (χ0n) is 8.91. The standard InChI is InChI=1S/C7H10Cl4NO5P/c8-1-3-15-18(14,16-4-2-9)17-5(6(10)11)7(12)13/h1-4H2,(H2,12,13). The molecule has 0 aromatic rings. The number of hydrogen-bond acceptors (Lipinski definition) is 5. The summed E-state index contributed by atoms with van der Waals surface area (Å²) >= 11 is 21.4. The van der Waals surface area contributed by atoms with E-state index in [0.717, 1.165) is 0 Å². The maximum absolute atomic E-state index is 12.0. The molecule has 0 saturated heterocycles. The summed E-state index contributed by atoms with van der Waals surface area (Å²) in [4.78, 5) is 11.0. The molecule has 0 aromatic heterocycles. The van der Waals surface area contributed by atoms with Crippen LogP contribution in [0.15, 0.2) is 10.3 Å². The van der Waals surface area contributed by atoms with Gasteiger partial charge in [0.25, 0.3) is 5.91 Å². The number of primary amides is 1. The largest absolute Gasteiger partial charge is 0.530 e. The van der Waals surface area contributed by atoms with Crippen molar-refractivity contribution in [1.82, 2.24) is 0 Å². The monoisotopic (exact) mass is 359 g/mol. The summed E-state index contributed by atoms with van der Waals surface area (Å²) in [6, 6.07) is 0. The first-order valence-electron chi connectivity index (χ1n) is 4.42. The Labute approximate surface area is 124 Å². The molecule has 0 aliphatic heterocycles. The third-order valence-electron chi connectivity index (χ3n) is 1.25. The first-order chi connectivity index (χ1) is 8.36. The molecule has 1 amide bonds. The van der Waals surface area contributed by atoms with Gasteiger partial charge in [-0.05, 0) is 0 Å². The van der Waals surface area contributed by atoms with Crippen LogP contribution in [-0.4, -0.2) is 30.9 Å². The molecule has 0 aromatic carbocycles. The molecule has 2 N–H and O–H groups in total. The van der Waals surface area contributed by atoms with Gasteiger partial charge in [0.1, 0.15) is 0 Å². The van der Waals surface area contributed by atoms with Crippen LogP contribution >= 0.6 is 54.2 Å². The molecule has 0 heterocycles. The van der Waals surface area contributed by atoms with Crippen molar-refractivity contribution in [2.75, 3.05) is 25.0 Å². The minimum absolute atomic E-state index is 0.0296. The van der Waals surface area contributed by atoms with Gasteiger partial charge in [-0.2, -0.15) is 0 Å². The summed E-state index contributed by atoms with van der Waals surface area (Å²) in [6.07, 6.45) is 0. The van der Waals surface area contributed by atoms with E-state index in [1.165, 1.54) is 0 Å². The Hall–Kier alpha value is 0.320. The zero-order valence-corrected chi connectivity index (χ0v) is 12.8. The van der Waals surface area contributed by atoms with Gasteiger partial charge in [-0.3, -0.25) is 13.8 Å². The number of phosphoric acid groups is 1. The Morgan fingerprint density at radius 2 is 1.56 bits per heavy atom. The molecule has 0 aliphatic carbocycles. The third kappa shape index (κ3) is 7.04. The average molecular weight is 361 g/mol. The fraction of sp³-hybridized carbons (Fsp3) is 0.571. The second-order valence-electron chi connectivity index (χ2n) is 2.54. The Morgan fingerprint density at radius 3 is 1.83 bits per heavy atom. The fourth-order valence-corrected chi connectivity index (χ4v) is 2.62. The molecule has 0 rings (SSSR count). The molecule has 11 heteroatoms. The molecular formula is C7H10Cl4NO5P. The molecular weight excluding hydrogens is 351 g/mol. The molecule has 0 aliphatic rings. The number of carbonyl (C=O) groups is 1. The van der Waals surface area contributed by atoms with E-state index in [1.54, 1.807) is 0 Å². The van der Waals surface area contributed by atoms with Crippen LogP contribution in [0.5, 0.6) is 0 Å². The van der Waals surface area contributed by atoms with Crippen molar-refractivity contribution in [3.8, 4) is 0 Å². The molecule has 0 unspecified atom stereocenters. The van der Waals surface area contributed by atoms with Crippen molar-refractivity contribution >= 4 is 60.1 Å². The van der Waals surface area contributed by atoms with Crippen molar-refractivity contribution in [3.05, 3.63) is 10.3 Å². The minimum atomic E-state index is -4.11. The van der Waals surface area contributed by atoms with E-state index in [2.05, 4.69) is 0 Å². The lowest BCUT2D eigenvalue weighted by atomic mass is 10.5. The molecule has 0 saturated carbocycles. The number of phosphoric ester groups is 1. The smallest absolute Gasteiger partial charge is 0.395 e. The SMILES string of the molecule is NC(=O)C(OP(=O)(OCCCl)OCCCl)=C(Cl)Cl. The van der Waals surface area contributed by atoms with E-state index in [-0.39, 0.29) is 25.0 Å². The average Bonchev–Trinajstić information content (AvgIpc) is 2.30. The summed E-state index contributed by atoms with van der Waals surface area (Å²) in [5.41, 5.74) is 4.93. The van der Waals surface area contributed by atoms with Crippen LogP contribution in [0.2, 0.25) is 0 Å². The highest BCUT2D eigenvalue weighted by molar-refractivity contribution is 7.48. The highest BCUT2D eigenvalue weighted by Gasteiger charge is 2.32. The predicted molar refractivity (Wildman–Crippen MR) is 70.0 cm³/mol. The number of nitrogens with two attached hydrogens (primary N) is 1. The number of alkyl halides is 2. The van der Waals surface area contributed by atoms with Gasteiger partial charge >= 0.3 is 7.82 Å². The van der Waals surface area contributed by atoms with E-state index >= 15 is 0 Å². The molecule has 18 heavy (non-hydrogen) atoms. The summed E-state index contributed by atoms with van der Waals surface area (Å²) in [6.45, 7) is -0.292. The Morgan fingerprint density at radius 1 is 1.11 bits per heavy atom. The lowest BCUT2D eigenvalue weighted by Crippen LogP contribution is -2.17. The topological polar surface area (TPSA) is 87.9 Å². The molecule has 6 nitrogen and oxygen atoms in total. The number of rotatable bonds is 9. The van der Waals surface area contributed by atoms with Gasteiger partial charge < -0.3 is 10.3 Å². The van der Waals surface area contributed by atoms with Crippen LogP contribution in [0.25, 0.3) is 0 Å². The highest BCUT2D eigenvalue weighted by atomic mass is 35.5. The first-order valence-corrected chi connectivity index (χ1v) is 7.70. The van der Waals surface area contributed by atoms with Gasteiger partial charge in [0.2, 0.25) is 5.76 Å². The van der Waals surface area contributed by atoms with Crippen molar-refractivity contribution in [3.63, 3.8) is 0 Å². The van der Waals surface area contributed by atoms with Crippen molar-refractivity contribution in [1.29, 1.82) is 0 Å². The normalized spacial score (nSPS) is 11.1. The Bertz CT molecular complexity index is 348. The van der Waals surface area contributed by atoms with Crippen LogP contribution in [0.4, 0.5) is 0 Å². The number of amides is 1. The fourth-order valence-electron chi connectivity index (χ4n) is 0.667. The van der Waals surface area contributed by atoms with Crippen LogP contribution in [0.3, 0.4) is 0 Å². The predicted octanol–water partition coefficient (Wildman–Crippen LogP) is 2.75. The lowest BCUT2D eigenvalue weighted by molar-refractivity contribution is -0.116. The van der Waals surface area contributed by atoms with Gasteiger partial charge in [0, 0.05) is 11.8 Å². The van der Waals surface area contributed by atoms with Gasteiger partial charge in [0.05, 0.1) is 13.2 Å². The maximum atomic E-state index is 12.0. The number of halogens is 4. The summed E-state index contributed by atoms with van der Waals surface area (Å²) in [5, 5.41) is 0. The number of hydrogen-bond donors (Lipinski definition) is 1. The first kappa shape index (κ1) is 18.3. The van der Waals surface area contributed by atoms with E-state index in [1.807, 2.05) is 0 Å². The molecule has 0 atom stereocenters. The molecule has 0 fully saturated rings. The van der Waals surface area contributed by atoms with Gasteiger partial charge in [-0.25, -0.2) is 4.57 Å². The summed E-state index contributed by atoms with van der Waals surface area (Å²) in [7, 11) is -4.11. The molecule has 0 spiro atoms. The maximum Gasteiger partial charge on any atom is 0.530 e. The van der Waals surface area contributed by atoms with Crippen LogP contribution in [-0.2, 0) is 22.9 Å². The number of carbonyl (C=O) groups excluding carboxylic acids is 1.